The lowest BCUT2D eigenvalue weighted by Gasteiger charge is -2.21. The molecule has 0 bridgehead atoms. The number of aromatic nitrogens is 1. The summed E-state index contributed by atoms with van der Waals surface area (Å²) in [7, 11) is 0. The minimum Gasteiger partial charge on any atom is -0.464 e. The number of ether oxygens (including phenoxy) is 1. The first-order valence-electron chi connectivity index (χ1n) is 9.25. The van der Waals surface area contributed by atoms with Crippen molar-refractivity contribution in [3.05, 3.63) is 52.5 Å². The van der Waals surface area contributed by atoms with E-state index in [1.807, 2.05) is 36.6 Å². The number of ketones is 1. The topological polar surface area (TPSA) is 97.4 Å². The normalized spacial score (nSPS) is 12.6. The van der Waals surface area contributed by atoms with Gasteiger partial charge in [-0.25, -0.2) is 14.6 Å². The highest BCUT2D eigenvalue weighted by atomic mass is 32.2. The van der Waals surface area contributed by atoms with Gasteiger partial charge in [-0.05, 0) is 30.9 Å². The van der Waals surface area contributed by atoms with E-state index in [1.165, 1.54) is 11.3 Å². The largest absolute Gasteiger partial charge is 0.464 e. The highest BCUT2D eigenvalue weighted by Gasteiger charge is 2.27. The van der Waals surface area contributed by atoms with Crippen LogP contribution in [0.1, 0.15) is 28.7 Å². The molecule has 1 aromatic heterocycles. The zero-order valence-corrected chi connectivity index (χ0v) is 18.1. The van der Waals surface area contributed by atoms with Crippen molar-refractivity contribution in [1.82, 2.24) is 15.6 Å². The Kier molecular flexibility index (Phi) is 9.66. The van der Waals surface area contributed by atoms with Crippen molar-refractivity contribution in [2.24, 2.45) is 0 Å². The lowest BCUT2D eigenvalue weighted by Crippen LogP contribution is -2.52. The highest BCUT2D eigenvalue weighted by molar-refractivity contribution is 7.98. The molecule has 0 spiro atoms. The molecule has 2 rings (SSSR count). The molecule has 0 fully saturated rings. The maximum absolute atomic E-state index is 12.9. The Hall–Kier alpha value is -2.39. The van der Waals surface area contributed by atoms with Crippen LogP contribution in [0.3, 0.4) is 0 Å². The number of hydrogen-bond acceptors (Lipinski definition) is 7. The number of nitrogens with one attached hydrogen (secondary N) is 2. The van der Waals surface area contributed by atoms with Crippen molar-refractivity contribution < 1.29 is 19.1 Å². The standard InChI is InChI=1S/C20H25N3O4S2/c1-3-27-19(25)15(9-11-28-2)22-20(26)23-16(13-14-7-5-4-6-8-14)17(24)18-21-10-12-29-18/h4-8,10,12,15-16H,3,9,11,13H2,1-2H3,(H2,22,23,26). The van der Waals surface area contributed by atoms with Gasteiger partial charge in [0.15, 0.2) is 5.01 Å². The average molecular weight is 436 g/mol. The SMILES string of the molecule is CCOC(=O)C(CCSC)NC(=O)NC(Cc1ccccc1)C(=O)c1nccs1. The number of rotatable bonds is 11. The summed E-state index contributed by atoms with van der Waals surface area (Å²) < 4.78 is 5.04. The monoisotopic (exact) mass is 435 g/mol. The second-order valence-corrected chi connectivity index (χ2v) is 8.03. The van der Waals surface area contributed by atoms with Crippen molar-refractivity contribution in [1.29, 1.82) is 0 Å². The van der Waals surface area contributed by atoms with E-state index in [0.29, 0.717) is 23.6 Å². The molecule has 2 unspecified atom stereocenters. The van der Waals surface area contributed by atoms with E-state index in [1.54, 1.807) is 30.3 Å². The zero-order chi connectivity index (χ0) is 21.1. The molecule has 0 aliphatic heterocycles. The second kappa shape index (κ2) is 12.2. The Bertz CT molecular complexity index is 784. The fourth-order valence-electron chi connectivity index (χ4n) is 2.64. The molecule has 156 valence electrons. The van der Waals surface area contributed by atoms with Crippen molar-refractivity contribution in [2.75, 3.05) is 18.6 Å². The van der Waals surface area contributed by atoms with E-state index in [4.69, 9.17) is 4.74 Å². The molecule has 2 atom stereocenters. The number of carbonyl (C=O) groups excluding carboxylic acids is 3. The highest BCUT2D eigenvalue weighted by Crippen LogP contribution is 2.12. The van der Waals surface area contributed by atoms with Crippen LogP contribution in [-0.4, -0.2) is 53.5 Å². The fourth-order valence-corrected chi connectivity index (χ4v) is 3.74. The molecule has 2 aromatic rings. The summed E-state index contributed by atoms with van der Waals surface area (Å²) in [4.78, 5) is 41.6. The van der Waals surface area contributed by atoms with Crippen LogP contribution in [0.15, 0.2) is 41.9 Å². The minimum absolute atomic E-state index is 0.233. The van der Waals surface area contributed by atoms with Gasteiger partial charge >= 0.3 is 12.0 Å². The Balaban J connectivity index is 2.10. The van der Waals surface area contributed by atoms with Gasteiger partial charge in [0, 0.05) is 18.0 Å². The predicted octanol–water partition coefficient (Wildman–Crippen LogP) is 2.92. The maximum atomic E-state index is 12.9. The first-order chi connectivity index (χ1) is 14.0. The lowest BCUT2D eigenvalue weighted by molar-refractivity contribution is -0.145. The molecule has 1 heterocycles. The minimum atomic E-state index is -0.799. The number of benzene rings is 1. The molecule has 0 radical (unpaired) electrons. The van der Waals surface area contributed by atoms with Gasteiger partial charge in [-0.1, -0.05) is 30.3 Å². The number of hydrogen-bond donors (Lipinski definition) is 2. The van der Waals surface area contributed by atoms with E-state index in [9.17, 15) is 14.4 Å². The van der Waals surface area contributed by atoms with Crippen molar-refractivity contribution in [2.45, 2.75) is 31.8 Å². The van der Waals surface area contributed by atoms with Gasteiger partial charge in [-0.2, -0.15) is 11.8 Å². The number of thioether (sulfide) groups is 1. The van der Waals surface area contributed by atoms with Crippen LogP contribution in [0.4, 0.5) is 4.79 Å². The van der Waals surface area contributed by atoms with Gasteiger partial charge in [0.2, 0.25) is 5.78 Å². The van der Waals surface area contributed by atoms with Gasteiger partial charge in [0.25, 0.3) is 0 Å². The van der Waals surface area contributed by atoms with Crippen LogP contribution in [0.2, 0.25) is 0 Å². The summed E-state index contributed by atoms with van der Waals surface area (Å²) in [5.41, 5.74) is 0.909. The van der Waals surface area contributed by atoms with Gasteiger partial charge in [0.1, 0.15) is 12.1 Å². The van der Waals surface area contributed by atoms with Crippen LogP contribution in [0.25, 0.3) is 0 Å². The van der Waals surface area contributed by atoms with E-state index in [0.717, 1.165) is 5.56 Å². The second-order valence-electron chi connectivity index (χ2n) is 6.15. The van der Waals surface area contributed by atoms with Crippen LogP contribution in [0, 0.1) is 0 Å². The number of Topliss-reactive ketones (excluding diaryl/α,β-unsaturated/α-hetero) is 1. The van der Waals surface area contributed by atoms with Crippen molar-refractivity contribution >= 4 is 40.9 Å². The summed E-state index contributed by atoms with van der Waals surface area (Å²) in [6.45, 7) is 1.95. The smallest absolute Gasteiger partial charge is 0.328 e. The van der Waals surface area contributed by atoms with Crippen LogP contribution >= 0.6 is 23.1 Å². The molecule has 0 saturated carbocycles. The molecule has 2 amide bonds. The van der Waals surface area contributed by atoms with E-state index in [2.05, 4.69) is 15.6 Å². The first kappa shape index (κ1) is 22.9. The molecule has 1 aromatic carbocycles. The molecular formula is C20H25N3O4S2. The molecule has 0 aliphatic carbocycles. The molecule has 9 heteroatoms. The maximum Gasteiger partial charge on any atom is 0.328 e. The molecule has 0 saturated heterocycles. The number of nitrogens with zero attached hydrogens (tertiary/aromatic N) is 1. The van der Waals surface area contributed by atoms with E-state index >= 15 is 0 Å². The molecular weight excluding hydrogens is 410 g/mol. The molecule has 29 heavy (non-hydrogen) atoms. The average Bonchev–Trinajstić information content (AvgIpc) is 3.26. The predicted molar refractivity (Wildman–Crippen MR) is 115 cm³/mol. The van der Waals surface area contributed by atoms with E-state index < -0.39 is 24.1 Å². The fraction of sp³-hybridized carbons (Fsp3) is 0.400. The van der Waals surface area contributed by atoms with E-state index in [-0.39, 0.29) is 12.4 Å². The van der Waals surface area contributed by atoms with Crippen molar-refractivity contribution in [3.63, 3.8) is 0 Å². The van der Waals surface area contributed by atoms with Crippen LogP contribution in [-0.2, 0) is 16.0 Å². The summed E-state index contributed by atoms with van der Waals surface area (Å²) in [5.74, 6) is -0.0618. The van der Waals surface area contributed by atoms with Gasteiger partial charge < -0.3 is 15.4 Å². The Morgan fingerprint density at radius 1 is 1.17 bits per heavy atom. The molecule has 0 aliphatic rings. The number of carbonyl (C=O) groups is 3. The Labute approximate surface area is 178 Å². The number of urea groups is 1. The summed E-state index contributed by atoms with van der Waals surface area (Å²) >= 11 is 2.80. The zero-order valence-electron chi connectivity index (χ0n) is 16.4. The molecule has 7 nitrogen and oxygen atoms in total. The van der Waals surface area contributed by atoms with Gasteiger partial charge in [0.05, 0.1) is 6.61 Å². The third-order valence-corrected chi connectivity index (χ3v) is 5.47. The Morgan fingerprint density at radius 2 is 1.90 bits per heavy atom. The first-order valence-corrected chi connectivity index (χ1v) is 11.5. The Morgan fingerprint density at radius 3 is 2.52 bits per heavy atom. The number of amides is 2. The quantitative estimate of drug-likeness (QED) is 0.416. The third-order valence-electron chi connectivity index (χ3n) is 4.03. The number of thiazole rings is 1. The van der Waals surface area contributed by atoms with Gasteiger partial charge in [-0.15, -0.1) is 11.3 Å². The third kappa shape index (κ3) is 7.51. The number of esters is 1. The molecule has 2 N–H and O–H groups in total. The van der Waals surface area contributed by atoms with Gasteiger partial charge in [-0.3, -0.25) is 4.79 Å². The lowest BCUT2D eigenvalue weighted by atomic mass is 10.0. The summed E-state index contributed by atoms with van der Waals surface area (Å²) in [5, 5.41) is 7.40. The van der Waals surface area contributed by atoms with Crippen LogP contribution < -0.4 is 10.6 Å². The van der Waals surface area contributed by atoms with Crippen molar-refractivity contribution in [3.8, 4) is 0 Å². The summed E-state index contributed by atoms with van der Waals surface area (Å²) in [6, 6.07) is 7.26. The van der Waals surface area contributed by atoms with Crippen LogP contribution in [0.5, 0.6) is 0 Å². The summed E-state index contributed by atoms with van der Waals surface area (Å²) in [6.07, 6.45) is 4.24.